The highest BCUT2D eigenvalue weighted by Crippen LogP contribution is 2.34. The highest BCUT2D eigenvalue weighted by Gasteiger charge is 2.08. The molecule has 0 aliphatic heterocycles. The van der Waals surface area contributed by atoms with Crippen molar-refractivity contribution in [1.29, 1.82) is 0 Å². The average Bonchev–Trinajstić information content (AvgIpc) is 2.35. The fraction of sp³-hybridized carbons (Fsp3) is 0.417. The summed E-state index contributed by atoms with van der Waals surface area (Å²) in [6, 6.07) is 5.56. The van der Waals surface area contributed by atoms with E-state index >= 15 is 0 Å². The van der Waals surface area contributed by atoms with Crippen LogP contribution in [0.5, 0.6) is 11.5 Å². The third-order valence-corrected chi connectivity index (χ3v) is 2.77. The Morgan fingerprint density at radius 3 is 2.76 bits per heavy atom. The lowest BCUT2D eigenvalue weighted by molar-refractivity contribution is -0.140. The van der Waals surface area contributed by atoms with Crippen LogP contribution in [-0.2, 0) is 9.53 Å². The Morgan fingerprint density at radius 2 is 2.12 bits per heavy atom. The summed E-state index contributed by atoms with van der Waals surface area (Å²) in [4.78, 5) is 10.9. The molecular formula is C12H15BrO4. The average molecular weight is 303 g/mol. The highest BCUT2D eigenvalue weighted by molar-refractivity contribution is 9.10. The van der Waals surface area contributed by atoms with Gasteiger partial charge in [-0.25, -0.2) is 0 Å². The van der Waals surface area contributed by atoms with Crippen LogP contribution < -0.4 is 9.47 Å². The van der Waals surface area contributed by atoms with E-state index in [-0.39, 0.29) is 5.97 Å². The first kappa shape index (κ1) is 13.8. The zero-order valence-electron chi connectivity index (χ0n) is 9.86. The van der Waals surface area contributed by atoms with Crippen molar-refractivity contribution < 1.29 is 19.0 Å². The fourth-order valence-electron chi connectivity index (χ4n) is 1.28. The molecule has 1 rings (SSSR count). The van der Waals surface area contributed by atoms with E-state index in [9.17, 15) is 4.79 Å². The largest absolute Gasteiger partial charge is 0.493 e. The molecule has 4 nitrogen and oxygen atoms in total. The molecule has 0 unspecified atom stereocenters. The van der Waals surface area contributed by atoms with Gasteiger partial charge in [0.25, 0.3) is 0 Å². The van der Waals surface area contributed by atoms with Gasteiger partial charge in [0.2, 0.25) is 0 Å². The summed E-state index contributed by atoms with van der Waals surface area (Å²) < 4.78 is 16.1. The summed E-state index contributed by atoms with van der Waals surface area (Å²) in [5.74, 6) is 1.09. The molecule has 1 aromatic carbocycles. The number of halogens is 1. The van der Waals surface area contributed by atoms with Gasteiger partial charge in [-0.2, -0.15) is 0 Å². The fourth-order valence-corrected chi connectivity index (χ4v) is 1.75. The second-order valence-electron chi connectivity index (χ2n) is 3.30. The van der Waals surface area contributed by atoms with Gasteiger partial charge in [-0.05, 0) is 34.5 Å². The predicted molar refractivity (Wildman–Crippen MR) is 67.4 cm³/mol. The van der Waals surface area contributed by atoms with Crippen LogP contribution in [0, 0.1) is 0 Å². The van der Waals surface area contributed by atoms with Crippen LogP contribution in [0.1, 0.15) is 12.8 Å². The van der Waals surface area contributed by atoms with E-state index in [1.807, 2.05) is 18.2 Å². The summed E-state index contributed by atoms with van der Waals surface area (Å²) in [7, 11) is 2.96. The lowest BCUT2D eigenvalue weighted by Crippen LogP contribution is -2.05. The predicted octanol–water partition coefficient (Wildman–Crippen LogP) is 2.79. The van der Waals surface area contributed by atoms with E-state index in [1.165, 1.54) is 7.11 Å². The Hall–Kier alpha value is -1.23. The van der Waals surface area contributed by atoms with Crippen LogP contribution in [0.3, 0.4) is 0 Å². The van der Waals surface area contributed by atoms with Gasteiger partial charge >= 0.3 is 5.97 Å². The SMILES string of the molecule is COC(=O)CCCOc1c(Br)cccc1OC. The van der Waals surface area contributed by atoms with Crippen molar-refractivity contribution in [2.45, 2.75) is 12.8 Å². The molecule has 0 fully saturated rings. The van der Waals surface area contributed by atoms with Gasteiger partial charge in [0.05, 0.1) is 25.3 Å². The molecule has 0 aliphatic rings. The van der Waals surface area contributed by atoms with Gasteiger partial charge < -0.3 is 14.2 Å². The second-order valence-corrected chi connectivity index (χ2v) is 4.15. The van der Waals surface area contributed by atoms with E-state index in [2.05, 4.69) is 20.7 Å². The zero-order chi connectivity index (χ0) is 12.7. The van der Waals surface area contributed by atoms with E-state index in [0.717, 1.165) is 4.47 Å². The molecular weight excluding hydrogens is 288 g/mol. The molecule has 0 atom stereocenters. The summed E-state index contributed by atoms with van der Waals surface area (Å²) in [6.07, 6.45) is 0.959. The second kappa shape index (κ2) is 7.17. The molecule has 17 heavy (non-hydrogen) atoms. The summed E-state index contributed by atoms with van der Waals surface area (Å²) in [5, 5.41) is 0. The standard InChI is InChI=1S/C12H15BrO4/c1-15-10-6-3-5-9(13)12(10)17-8-4-7-11(14)16-2/h3,5-6H,4,7-8H2,1-2H3. The Kier molecular flexibility index (Phi) is 5.83. The number of methoxy groups -OCH3 is 2. The van der Waals surface area contributed by atoms with Crippen LogP contribution in [0.25, 0.3) is 0 Å². The van der Waals surface area contributed by atoms with Crippen molar-refractivity contribution in [3.05, 3.63) is 22.7 Å². The molecule has 0 bridgehead atoms. The third kappa shape index (κ3) is 4.26. The Balaban J connectivity index is 2.48. The zero-order valence-corrected chi connectivity index (χ0v) is 11.5. The van der Waals surface area contributed by atoms with Crippen molar-refractivity contribution >= 4 is 21.9 Å². The molecule has 94 valence electrons. The minimum atomic E-state index is -0.229. The number of carbonyl (C=O) groups is 1. The number of rotatable bonds is 6. The molecule has 0 radical (unpaired) electrons. The monoisotopic (exact) mass is 302 g/mol. The lowest BCUT2D eigenvalue weighted by Gasteiger charge is -2.11. The minimum absolute atomic E-state index is 0.229. The smallest absolute Gasteiger partial charge is 0.305 e. The number of ether oxygens (including phenoxy) is 3. The highest BCUT2D eigenvalue weighted by atomic mass is 79.9. The van der Waals surface area contributed by atoms with Crippen molar-refractivity contribution in [2.75, 3.05) is 20.8 Å². The van der Waals surface area contributed by atoms with Crippen LogP contribution >= 0.6 is 15.9 Å². The molecule has 0 aromatic heterocycles. The summed E-state index contributed by atoms with van der Waals surface area (Å²) in [5.41, 5.74) is 0. The maximum absolute atomic E-state index is 10.9. The van der Waals surface area contributed by atoms with Gasteiger partial charge in [-0.1, -0.05) is 6.07 Å². The van der Waals surface area contributed by atoms with E-state index in [1.54, 1.807) is 7.11 Å². The normalized spacial score (nSPS) is 9.82. The third-order valence-electron chi connectivity index (χ3n) is 2.15. The number of esters is 1. The van der Waals surface area contributed by atoms with Gasteiger partial charge in [-0.3, -0.25) is 4.79 Å². The summed E-state index contributed by atoms with van der Waals surface area (Å²) >= 11 is 3.39. The maximum Gasteiger partial charge on any atom is 0.305 e. The Labute approximate surface area is 109 Å². The first-order valence-corrected chi connectivity index (χ1v) is 6.00. The summed E-state index contributed by atoms with van der Waals surface area (Å²) in [6.45, 7) is 0.439. The van der Waals surface area contributed by atoms with E-state index in [0.29, 0.717) is 30.9 Å². The molecule has 0 spiro atoms. The lowest BCUT2D eigenvalue weighted by atomic mass is 10.3. The molecule has 1 aromatic rings. The number of benzene rings is 1. The van der Waals surface area contributed by atoms with E-state index < -0.39 is 0 Å². The van der Waals surface area contributed by atoms with Crippen LogP contribution in [0.15, 0.2) is 22.7 Å². The van der Waals surface area contributed by atoms with Gasteiger partial charge in [-0.15, -0.1) is 0 Å². The van der Waals surface area contributed by atoms with E-state index in [4.69, 9.17) is 9.47 Å². The van der Waals surface area contributed by atoms with Gasteiger partial charge in [0, 0.05) is 6.42 Å². The topological polar surface area (TPSA) is 44.8 Å². The molecule has 5 heteroatoms. The van der Waals surface area contributed by atoms with Crippen LogP contribution in [0.2, 0.25) is 0 Å². The first-order valence-electron chi connectivity index (χ1n) is 5.21. The number of hydrogen-bond donors (Lipinski definition) is 0. The minimum Gasteiger partial charge on any atom is -0.493 e. The van der Waals surface area contributed by atoms with Crippen molar-refractivity contribution in [3.8, 4) is 11.5 Å². The molecule has 0 amide bonds. The van der Waals surface area contributed by atoms with Gasteiger partial charge in [0.15, 0.2) is 11.5 Å². The molecule has 0 aliphatic carbocycles. The molecule has 0 saturated heterocycles. The first-order chi connectivity index (χ1) is 8.19. The quantitative estimate of drug-likeness (QED) is 0.599. The Bertz CT molecular complexity index is 379. The van der Waals surface area contributed by atoms with Crippen molar-refractivity contribution in [2.24, 2.45) is 0 Å². The van der Waals surface area contributed by atoms with Crippen molar-refractivity contribution in [3.63, 3.8) is 0 Å². The Morgan fingerprint density at radius 1 is 1.35 bits per heavy atom. The van der Waals surface area contributed by atoms with Gasteiger partial charge in [0.1, 0.15) is 0 Å². The maximum atomic E-state index is 10.9. The van der Waals surface area contributed by atoms with Crippen LogP contribution in [-0.4, -0.2) is 26.8 Å². The molecule has 0 heterocycles. The molecule has 0 saturated carbocycles. The number of hydrogen-bond acceptors (Lipinski definition) is 4. The molecule has 0 N–H and O–H groups in total. The number of carbonyl (C=O) groups excluding carboxylic acids is 1. The van der Waals surface area contributed by atoms with Crippen LogP contribution in [0.4, 0.5) is 0 Å². The number of para-hydroxylation sites is 1. The van der Waals surface area contributed by atoms with Crippen molar-refractivity contribution in [1.82, 2.24) is 0 Å².